The first kappa shape index (κ1) is 27.1. The molecule has 0 fully saturated rings. The number of carboxylic acid groups (broad SMARTS) is 1. The van der Waals surface area contributed by atoms with Crippen molar-refractivity contribution >= 4 is 36.3 Å². The third-order valence-electron chi connectivity index (χ3n) is 4.22. The quantitative estimate of drug-likeness (QED) is 0.190. The van der Waals surface area contributed by atoms with E-state index >= 15 is 0 Å². The van der Waals surface area contributed by atoms with Crippen molar-refractivity contribution in [2.24, 2.45) is 17.6 Å². The molecule has 0 rings (SSSR count). The van der Waals surface area contributed by atoms with Gasteiger partial charge in [0.1, 0.15) is 18.1 Å². The van der Waals surface area contributed by atoms with Gasteiger partial charge in [-0.1, -0.05) is 27.7 Å². The molecule has 0 radical (unpaired) electrons. The van der Waals surface area contributed by atoms with Crippen molar-refractivity contribution in [3.05, 3.63) is 0 Å². The highest BCUT2D eigenvalue weighted by molar-refractivity contribution is 7.80. The predicted octanol–water partition coefficient (Wildman–Crippen LogP) is -1.13. The number of nitrogens with one attached hydrogen (secondary N) is 3. The standard InChI is InChI=1S/C18H34N4O6S/c1-8(2)6-11(20-16(25)13(19)9(3)4)15(24)22-14(10(5)23)17(26)21-12(7-29)18(27)28/h8-14,23,29H,6-7,19H2,1-5H3,(H,20,25)(H,21,26)(H,22,24)(H,27,28). The first-order chi connectivity index (χ1) is 13.3. The highest BCUT2D eigenvalue weighted by atomic mass is 32.1. The lowest BCUT2D eigenvalue weighted by atomic mass is 10.00. The lowest BCUT2D eigenvalue weighted by Crippen LogP contribution is -2.60. The number of amides is 3. The van der Waals surface area contributed by atoms with Crippen molar-refractivity contribution in [1.82, 2.24) is 16.0 Å². The van der Waals surface area contributed by atoms with Gasteiger partial charge in [0.25, 0.3) is 0 Å². The summed E-state index contributed by atoms with van der Waals surface area (Å²) >= 11 is 3.86. The summed E-state index contributed by atoms with van der Waals surface area (Å²) in [5.41, 5.74) is 5.82. The van der Waals surface area contributed by atoms with Crippen LogP contribution >= 0.6 is 12.6 Å². The molecule has 0 aromatic heterocycles. The minimum Gasteiger partial charge on any atom is -0.480 e. The number of aliphatic hydroxyl groups excluding tert-OH is 1. The summed E-state index contributed by atoms with van der Waals surface area (Å²) < 4.78 is 0. The number of aliphatic carboxylic acids is 1. The smallest absolute Gasteiger partial charge is 0.327 e. The molecule has 0 aromatic carbocycles. The van der Waals surface area contributed by atoms with Crippen LogP contribution in [0.15, 0.2) is 0 Å². The zero-order valence-electron chi connectivity index (χ0n) is 17.5. The number of carbonyl (C=O) groups is 4. The second kappa shape index (κ2) is 12.7. The van der Waals surface area contributed by atoms with Gasteiger partial charge in [-0.15, -0.1) is 0 Å². The molecule has 3 amide bonds. The fourth-order valence-corrected chi connectivity index (χ4v) is 2.63. The van der Waals surface area contributed by atoms with E-state index in [4.69, 9.17) is 10.8 Å². The molecule has 5 unspecified atom stereocenters. The highest BCUT2D eigenvalue weighted by Gasteiger charge is 2.32. The molecule has 0 saturated carbocycles. The van der Waals surface area contributed by atoms with Crippen molar-refractivity contribution in [2.75, 3.05) is 5.75 Å². The van der Waals surface area contributed by atoms with Crippen LogP contribution in [0.1, 0.15) is 41.0 Å². The minimum absolute atomic E-state index is 0.0423. The maximum absolute atomic E-state index is 12.7. The highest BCUT2D eigenvalue weighted by Crippen LogP contribution is 2.08. The van der Waals surface area contributed by atoms with Crippen molar-refractivity contribution in [3.63, 3.8) is 0 Å². The monoisotopic (exact) mass is 434 g/mol. The van der Waals surface area contributed by atoms with Gasteiger partial charge in [0, 0.05) is 5.75 Å². The van der Waals surface area contributed by atoms with Gasteiger partial charge < -0.3 is 31.9 Å². The lowest BCUT2D eigenvalue weighted by Gasteiger charge is -2.27. The molecule has 5 atom stereocenters. The van der Waals surface area contributed by atoms with Crippen molar-refractivity contribution in [3.8, 4) is 0 Å². The van der Waals surface area contributed by atoms with E-state index in [-0.39, 0.29) is 24.0 Å². The van der Waals surface area contributed by atoms with Gasteiger partial charge in [-0.3, -0.25) is 14.4 Å². The van der Waals surface area contributed by atoms with E-state index in [9.17, 15) is 24.3 Å². The Hall–Kier alpha value is -1.85. The van der Waals surface area contributed by atoms with Crippen molar-refractivity contribution in [1.29, 1.82) is 0 Å². The topological polar surface area (TPSA) is 171 Å². The van der Waals surface area contributed by atoms with Crippen LogP contribution in [0.25, 0.3) is 0 Å². The lowest BCUT2D eigenvalue weighted by molar-refractivity contribution is -0.142. The van der Waals surface area contributed by atoms with Crippen LogP contribution in [0.4, 0.5) is 0 Å². The number of carboxylic acids is 1. The van der Waals surface area contributed by atoms with E-state index in [1.807, 2.05) is 13.8 Å². The number of rotatable bonds is 12. The average molecular weight is 435 g/mol. The Morgan fingerprint density at radius 1 is 0.897 bits per heavy atom. The molecular weight excluding hydrogens is 400 g/mol. The van der Waals surface area contributed by atoms with Crippen LogP contribution in [-0.4, -0.2) is 69.9 Å². The molecular formula is C18H34N4O6S. The summed E-state index contributed by atoms with van der Waals surface area (Å²) in [7, 11) is 0. The number of hydrogen-bond acceptors (Lipinski definition) is 7. The molecule has 29 heavy (non-hydrogen) atoms. The fraction of sp³-hybridized carbons (Fsp3) is 0.778. The van der Waals surface area contributed by atoms with Crippen molar-refractivity contribution in [2.45, 2.75) is 71.3 Å². The second-order valence-electron chi connectivity index (χ2n) is 7.77. The van der Waals surface area contributed by atoms with E-state index < -0.39 is 54.0 Å². The molecule has 0 aliphatic rings. The Bertz CT molecular complexity index is 585. The molecule has 0 saturated heterocycles. The summed E-state index contributed by atoms with van der Waals surface area (Å²) in [4.78, 5) is 48.4. The number of nitrogens with two attached hydrogens (primary N) is 1. The van der Waals surface area contributed by atoms with E-state index in [0.717, 1.165) is 0 Å². The first-order valence-electron chi connectivity index (χ1n) is 9.50. The summed E-state index contributed by atoms with van der Waals surface area (Å²) in [6.45, 7) is 8.55. The van der Waals surface area contributed by atoms with E-state index in [1.54, 1.807) is 13.8 Å². The predicted molar refractivity (Wildman–Crippen MR) is 111 cm³/mol. The van der Waals surface area contributed by atoms with Gasteiger partial charge in [-0.05, 0) is 25.2 Å². The van der Waals surface area contributed by atoms with Crippen LogP contribution in [0.3, 0.4) is 0 Å². The van der Waals surface area contributed by atoms with Gasteiger partial charge in [0.05, 0.1) is 12.1 Å². The molecule has 0 aliphatic heterocycles. The Morgan fingerprint density at radius 3 is 1.79 bits per heavy atom. The summed E-state index contributed by atoms with van der Waals surface area (Å²) in [6, 6.07) is -4.46. The summed E-state index contributed by atoms with van der Waals surface area (Å²) in [5.74, 6) is -3.61. The number of carbonyl (C=O) groups excluding carboxylic acids is 3. The molecule has 10 nitrogen and oxygen atoms in total. The average Bonchev–Trinajstić information content (AvgIpc) is 2.61. The Kier molecular flexibility index (Phi) is 11.8. The summed E-state index contributed by atoms with van der Waals surface area (Å²) in [6.07, 6.45) is -1.02. The second-order valence-corrected chi connectivity index (χ2v) is 8.13. The van der Waals surface area contributed by atoms with Crippen LogP contribution in [0.5, 0.6) is 0 Å². The number of aliphatic hydroxyl groups is 1. The largest absolute Gasteiger partial charge is 0.480 e. The third-order valence-corrected chi connectivity index (χ3v) is 4.59. The van der Waals surface area contributed by atoms with Gasteiger partial charge in [-0.25, -0.2) is 4.79 Å². The Balaban J connectivity index is 5.35. The maximum atomic E-state index is 12.7. The minimum atomic E-state index is -1.41. The molecule has 7 N–H and O–H groups in total. The van der Waals surface area contributed by atoms with Crippen LogP contribution in [0.2, 0.25) is 0 Å². The Labute approximate surface area is 176 Å². The van der Waals surface area contributed by atoms with E-state index in [0.29, 0.717) is 0 Å². The van der Waals surface area contributed by atoms with Crippen LogP contribution < -0.4 is 21.7 Å². The van der Waals surface area contributed by atoms with E-state index in [2.05, 4.69) is 28.6 Å². The van der Waals surface area contributed by atoms with Crippen molar-refractivity contribution < 1.29 is 29.4 Å². The summed E-state index contributed by atoms with van der Waals surface area (Å²) in [5, 5.41) is 26.1. The van der Waals surface area contributed by atoms with Gasteiger partial charge in [0.2, 0.25) is 17.7 Å². The third kappa shape index (κ3) is 9.46. The maximum Gasteiger partial charge on any atom is 0.327 e. The van der Waals surface area contributed by atoms with E-state index in [1.165, 1.54) is 6.92 Å². The number of thiol groups is 1. The van der Waals surface area contributed by atoms with Gasteiger partial charge in [-0.2, -0.15) is 12.6 Å². The normalized spacial score (nSPS) is 16.5. The number of hydrogen-bond donors (Lipinski definition) is 7. The first-order valence-corrected chi connectivity index (χ1v) is 10.1. The molecule has 0 bridgehead atoms. The van der Waals surface area contributed by atoms with Gasteiger partial charge >= 0.3 is 5.97 Å². The van der Waals surface area contributed by atoms with Gasteiger partial charge in [0.15, 0.2) is 0 Å². The fourth-order valence-electron chi connectivity index (χ4n) is 2.38. The molecule has 0 aliphatic carbocycles. The molecule has 168 valence electrons. The zero-order chi connectivity index (χ0) is 22.9. The Morgan fingerprint density at radius 2 is 1.41 bits per heavy atom. The molecule has 0 spiro atoms. The molecule has 0 heterocycles. The zero-order valence-corrected chi connectivity index (χ0v) is 18.4. The van der Waals surface area contributed by atoms with Crippen LogP contribution in [-0.2, 0) is 19.2 Å². The molecule has 11 heteroatoms. The van der Waals surface area contributed by atoms with Crippen LogP contribution in [0, 0.1) is 11.8 Å². The SMILES string of the molecule is CC(C)CC(NC(=O)C(N)C(C)C)C(=O)NC(C(=O)NC(CS)C(=O)O)C(C)O. The molecule has 0 aromatic rings.